The second kappa shape index (κ2) is 10.5. The van der Waals surface area contributed by atoms with Crippen molar-refractivity contribution in [3.63, 3.8) is 0 Å². The van der Waals surface area contributed by atoms with Gasteiger partial charge < -0.3 is 4.43 Å². The van der Waals surface area contributed by atoms with E-state index in [0.29, 0.717) is 0 Å². The Hall–Kier alpha value is -0.243. The van der Waals surface area contributed by atoms with Crippen LogP contribution in [0.2, 0.25) is 19.6 Å². The van der Waals surface area contributed by atoms with Crippen LogP contribution in [0.4, 0.5) is 0 Å². The Labute approximate surface area is 128 Å². The van der Waals surface area contributed by atoms with Crippen molar-refractivity contribution in [3.8, 4) is 0 Å². The summed E-state index contributed by atoms with van der Waals surface area (Å²) in [5, 5.41) is 0. The van der Waals surface area contributed by atoms with Gasteiger partial charge in [-0.15, -0.1) is 0 Å². The molecule has 0 aromatic rings. The van der Waals surface area contributed by atoms with Crippen LogP contribution in [0.25, 0.3) is 0 Å². The van der Waals surface area contributed by atoms with E-state index in [1.165, 1.54) is 89.2 Å². The molecule has 0 bridgehead atoms. The molecule has 118 valence electrons. The van der Waals surface area contributed by atoms with Gasteiger partial charge in [0.1, 0.15) is 0 Å². The van der Waals surface area contributed by atoms with Crippen molar-refractivity contribution in [1.82, 2.24) is 0 Å². The molecule has 0 amide bonds. The predicted molar refractivity (Wildman–Crippen MR) is 92.5 cm³/mol. The minimum absolute atomic E-state index is 1.17. The van der Waals surface area contributed by atoms with Crippen LogP contribution >= 0.6 is 0 Å². The van der Waals surface area contributed by atoms with Crippen LogP contribution in [0.3, 0.4) is 0 Å². The second-order valence-corrected chi connectivity index (χ2v) is 11.7. The van der Waals surface area contributed by atoms with Crippen LogP contribution in [0.5, 0.6) is 0 Å². The average Bonchev–Trinajstić information content (AvgIpc) is 2.37. The van der Waals surface area contributed by atoms with Crippen LogP contribution < -0.4 is 0 Å². The third-order valence-corrected chi connectivity index (χ3v) is 4.81. The standard InChI is InChI=1S/C18H36OSi/c1-20(2,3)19-18-16-14-12-10-8-6-4-5-7-9-11-13-15-17-18/h16H,4-15,17H2,1-3H3/b18-16-. The largest absolute Gasteiger partial charge is 0.548 e. The number of hydrogen-bond acceptors (Lipinski definition) is 1. The zero-order valence-corrected chi connectivity index (χ0v) is 15.2. The summed E-state index contributed by atoms with van der Waals surface area (Å²) in [7, 11) is -1.43. The van der Waals surface area contributed by atoms with Gasteiger partial charge in [0.15, 0.2) is 0 Å². The molecular formula is C18H36OSi. The molecule has 1 aliphatic carbocycles. The highest BCUT2D eigenvalue weighted by Gasteiger charge is 2.17. The van der Waals surface area contributed by atoms with E-state index in [2.05, 4.69) is 25.7 Å². The van der Waals surface area contributed by atoms with Gasteiger partial charge in [-0.25, -0.2) is 0 Å². The first-order valence-electron chi connectivity index (χ1n) is 8.96. The summed E-state index contributed by atoms with van der Waals surface area (Å²) in [6.07, 6.45) is 20.3. The molecule has 0 spiro atoms. The van der Waals surface area contributed by atoms with E-state index in [-0.39, 0.29) is 0 Å². The van der Waals surface area contributed by atoms with Crippen molar-refractivity contribution in [2.75, 3.05) is 0 Å². The first-order chi connectivity index (χ1) is 9.58. The van der Waals surface area contributed by atoms with Gasteiger partial charge in [0, 0.05) is 6.42 Å². The third-order valence-electron chi connectivity index (χ3n) is 3.94. The van der Waals surface area contributed by atoms with Crippen LogP contribution in [-0.4, -0.2) is 8.32 Å². The molecule has 1 nitrogen and oxygen atoms in total. The molecule has 1 rings (SSSR count). The molecule has 0 unspecified atom stereocenters. The monoisotopic (exact) mass is 296 g/mol. The van der Waals surface area contributed by atoms with Gasteiger partial charge in [-0.05, 0) is 45.0 Å². The van der Waals surface area contributed by atoms with Crippen LogP contribution in [0.15, 0.2) is 11.8 Å². The smallest absolute Gasteiger partial charge is 0.241 e. The van der Waals surface area contributed by atoms with Gasteiger partial charge in [0.2, 0.25) is 8.32 Å². The molecule has 0 aliphatic heterocycles. The maximum absolute atomic E-state index is 6.26. The third kappa shape index (κ3) is 10.5. The summed E-state index contributed by atoms with van der Waals surface area (Å²) >= 11 is 0. The maximum atomic E-state index is 6.26. The maximum Gasteiger partial charge on any atom is 0.241 e. The Balaban J connectivity index is 2.41. The van der Waals surface area contributed by atoms with Gasteiger partial charge in [-0.1, -0.05) is 57.8 Å². The normalized spacial score (nSPS) is 24.1. The second-order valence-electron chi connectivity index (χ2n) is 7.31. The lowest BCUT2D eigenvalue weighted by Crippen LogP contribution is -2.24. The molecule has 20 heavy (non-hydrogen) atoms. The van der Waals surface area contributed by atoms with E-state index in [4.69, 9.17) is 4.43 Å². The van der Waals surface area contributed by atoms with Crippen molar-refractivity contribution in [3.05, 3.63) is 11.8 Å². The Kier molecular flexibility index (Phi) is 9.33. The molecule has 1 aliphatic rings. The van der Waals surface area contributed by atoms with Crippen LogP contribution in [0.1, 0.15) is 83.5 Å². The molecular weight excluding hydrogens is 260 g/mol. The molecule has 0 heterocycles. The van der Waals surface area contributed by atoms with Crippen molar-refractivity contribution in [1.29, 1.82) is 0 Å². The molecule has 0 N–H and O–H groups in total. The van der Waals surface area contributed by atoms with Gasteiger partial charge in [-0.2, -0.15) is 0 Å². The fourth-order valence-electron chi connectivity index (χ4n) is 2.89. The molecule has 0 radical (unpaired) electrons. The van der Waals surface area contributed by atoms with Gasteiger partial charge in [0.25, 0.3) is 0 Å². The quantitative estimate of drug-likeness (QED) is 0.509. The minimum atomic E-state index is -1.43. The van der Waals surface area contributed by atoms with E-state index in [1.807, 2.05) is 0 Å². The van der Waals surface area contributed by atoms with Gasteiger partial charge in [-0.3, -0.25) is 0 Å². The van der Waals surface area contributed by atoms with Crippen molar-refractivity contribution in [2.45, 2.75) is 103 Å². The molecule has 0 fully saturated rings. The number of rotatable bonds is 2. The highest BCUT2D eigenvalue weighted by atomic mass is 28.4. The Morgan fingerprint density at radius 3 is 1.65 bits per heavy atom. The van der Waals surface area contributed by atoms with Gasteiger partial charge >= 0.3 is 0 Å². The van der Waals surface area contributed by atoms with E-state index in [0.717, 1.165) is 0 Å². The van der Waals surface area contributed by atoms with Crippen molar-refractivity contribution < 1.29 is 4.43 Å². The summed E-state index contributed by atoms with van der Waals surface area (Å²) in [5.74, 6) is 1.30. The summed E-state index contributed by atoms with van der Waals surface area (Å²) in [6.45, 7) is 6.88. The molecule has 0 saturated carbocycles. The topological polar surface area (TPSA) is 9.23 Å². The highest BCUT2D eigenvalue weighted by molar-refractivity contribution is 6.70. The van der Waals surface area contributed by atoms with Crippen LogP contribution in [0, 0.1) is 0 Å². The summed E-state index contributed by atoms with van der Waals surface area (Å²) in [5.41, 5.74) is 0. The molecule has 0 aromatic carbocycles. The lowest BCUT2D eigenvalue weighted by Gasteiger charge is -2.22. The summed E-state index contributed by atoms with van der Waals surface area (Å²) < 4.78 is 6.26. The molecule has 2 heteroatoms. The van der Waals surface area contributed by atoms with E-state index >= 15 is 0 Å². The SMILES string of the molecule is C[Si](C)(C)O/C1=C\CCCCCCCCCCCCC1. The van der Waals surface area contributed by atoms with Crippen molar-refractivity contribution in [2.24, 2.45) is 0 Å². The average molecular weight is 297 g/mol. The molecule has 0 atom stereocenters. The lowest BCUT2D eigenvalue weighted by molar-refractivity contribution is 0.388. The summed E-state index contributed by atoms with van der Waals surface area (Å²) in [4.78, 5) is 0. The lowest BCUT2D eigenvalue weighted by atomic mass is 10.1. The first kappa shape index (κ1) is 17.8. The summed E-state index contributed by atoms with van der Waals surface area (Å²) in [6, 6.07) is 0. The molecule has 0 saturated heterocycles. The van der Waals surface area contributed by atoms with E-state index in [1.54, 1.807) is 0 Å². The fourth-order valence-corrected chi connectivity index (χ4v) is 3.86. The minimum Gasteiger partial charge on any atom is -0.548 e. The number of hydrogen-bond donors (Lipinski definition) is 0. The fraction of sp³-hybridized carbons (Fsp3) is 0.889. The first-order valence-corrected chi connectivity index (χ1v) is 12.4. The van der Waals surface area contributed by atoms with E-state index in [9.17, 15) is 0 Å². The highest BCUT2D eigenvalue weighted by Crippen LogP contribution is 2.20. The van der Waals surface area contributed by atoms with Crippen LogP contribution in [-0.2, 0) is 4.43 Å². The Bertz CT molecular complexity index is 265. The predicted octanol–water partition coefficient (Wildman–Crippen LogP) is 6.81. The van der Waals surface area contributed by atoms with Crippen molar-refractivity contribution >= 4 is 8.32 Å². The van der Waals surface area contributed by atoms with Gasteiger partial charge in [0.05, 0.1) is 5.76 Å². The Morgan fingerprint density at radius 1 is 0.700 bits per heavy atom. The number of allylic oxidation sites excluding steroid dienone is 2. The zero-order valence-electron chi connectivity index (χ0n) is 14.2. The molecule has 0 aromatic heterocycles. The van der Waals surface area contributed by atoms with E-state index < -0.39 is 8.32 Å². The zero-order chi connectivity index (χ0) is 14.7. The Morgan fingerprint density at radius 2 is 1.15 bits per heavy atom.